The van der Waals surface area contributed by atoms with Gasteiger partial charge in [0.05, 0.1) is 11.6 Å². The summed E-state index contributed by atoms with van der Waals surface area (Å²) in [7, 11) is 0. The van der Waals surface area contributed by atoms with Crippen LogP contribution in [0.1, 0.15) is 11.3 Å². The Balaban J connectivity index is 2.20. The molecule has 0 bridgehead atoms. The topological polar surface area (TPSA) is 71.1 Å². The molecule has 9 heteroatoms. The van der Waals surface area contributed by atoms with Gasteiger partial charge in [0.2, 0.25) is 4.96 Å². The van der Waals surface area contributed by atoms with Crippen molar-refractivity contribution in [2.75, 3.05) is 0 Å². The summed E-state index contributed by atoms with van der Waals surface area (Å²) in [5, 5.41) is 13.1. The van der Waals surface area contributed by atoms with E-state index in [-0.39, 0.29) is 4.96 Å². The van der Waals surface area contributed by atoms with Gasteiger partial charge in [0.25, 0.3) is 5.56 Å². The molecule has 110 valence electrons. The minimum absolute atomic E-state index is 0.155. The van der Waals surface area contributed by atoms with Gasteiger partial charge in [-0.05, 0) is 12.1 Å². The van der Waals surface area contributed by atoms with Crippen LogP contribution in [0.4, 0.5) is 13.2 Å². The van der Waals surface area contributed by atoms with Crippen LogP contribution < -0.4 is 5.56 Å². The molecule has 1 aromatic carbocycles. The van der Waals surface area contributed by atoms with Crippen molar-refractivity contribution in [3.05, 3.63) is 51.9 Å². The molecule has 3 aromatic rings. The SMILES string of the molecule is N#Cc1cccc(-c2nn3c(=O)cc(C(F)(F)F)nc3s2)c1. The molecule has 0 aliphatic rings. The van der Waals surface area contributed by atoms with E-state index < -0.39 is 17.4 Å². The van der Waals surface area contributed by atoms with E-state index in [0.29, 0.717) is 22.2 Å². The van der Waals surface area contributed by atoms with Crippen molar-refractivity contribution in [1.29, 1.82) is 5.26 Å². The molecule has 3 rings (SSSR count). The van der Waals surface area contributed by atoms with E-state index in [1.165, 1.54) is 6.07 Å². The normalized spacial score (nSPS) is 11.5. The van der Waals surface area contributed by atoms with Crippen molar-refractivity contribution in [1.82, 2.24) is 14.6 Å². The smallest absolute Gasteiger partial charge is 0.267 e. The lowest BCUT2D eigenvalue weighted by Gasteiger charge is -2.03. The first kappa shape index (κ1) is 14.2. The fraction of sp³-hybridized carbons (Fsp3) is 0.0769. The third-order valence-electron chi connectivity index (χ3n) is 2.77. The van der Waals surface area contributed by atoms with Crippen LogP contribution in [0.3, 0.4) is 0 Å². The minimum atomic E-state index is -4.70. The van der Waals surface area contributed by atoms with Crippen LogP contribution in [0.2, 0.25) is 0 Å². The lowest BCUT2D eigenvalue weighted by molar-refractivity contribution is -0.141. The Morgan fingerprint density at radius 3 is 2.73 bits per heavy atom. The number of hydrogen-bond acceptors (Lipinski definition) is 5. The first-order valence-electron chi connectivity index (χ1n) is 5.87. The van der Waals surface area contributed by atoms with Crippen molar-refractivity contribution < 1.29 is 13.2 Å². The number of rotatable bonds is 1. The van der Waals surface area contributed by atoms with Gasteiger partial charge in [0.1, 0.15) is 5.01 Å². The zero-order valence-electron chi connectivity index (χ0n) is 10.6. The highest BCUT2D eigenvalue weighted by atomic mass is 32.1. The standard InChI is InChI=1S/C13H5F3N4OS/c14-13(15,16)9-5-10(21)20-12(18-9)22-11(19-20)8-3-1-2-7(4-8)6-17/h1-5H. The summed E-state index contributed by atoms with van der Waals surface area (Å²) < 4.78 is 38.8. The zero-order valence-corrected chi connectivity index (χ0v) is 11.4. The Labute approximate surface area is 124 Å². The van der Waals surface area contributed by atoms with Gasteiger partial charge in [-0.25, -0.2) is 4.98 Å². The van der Waals surface area contributed by atoms with Crippen LogP contribution in [-0.2, 0) is 6.18 Å². The molecular weight excluding hydrogens is 317 g/mol. The monoisotopic (exact) mass is 322 g/mol. The van der Waals surface area contributed by atoms with E-state index in [1.807, 2.05) is 6.07 Å². The lowest BCUT2D eigenvalue weighted by Crippen LogP contribution is -2.19. The average Bonchev–Trinajstić information content (AvgIpc) is 2.91. The molecule has 0 fully saturated rings. The fourth-order valence-electron chi connectivity index (χ4n) is 1.79. The van der Waals surface area contributed by atoms with E-state index in [0.717, 1.165) is 15.9 Å². The average molecular weight is 322 g/mol. The number of halogens is 3. The Hall–Kier alpha value is -2.73. The fourth-order valence-corrected chi connectivity index (χ4v) is 2.70. The van der Waals surface area contributed by atoms with Crippen LogP contribution in [0.15, 0.2) is 35.1 Å². The number of nitrogens with zero attached hydrogens (tertiary/aromatic N) is 4. The van der Waals surface area contributed by atoms with Crippen molar-refractivity contribution in [2.24, 2.45) is 0 Å². The van der Waals surface area contributed by atoms with Gasteiger partial charge in [-0.2, -0.15) is 28.0 Å². The van der Waals surface area contributed by atoms with Crippen LogP contribution in [-0.4, -0.2) is 14.6 Å². The number of nitriles is 1. The molecule has 2 aromatic heterocycles. The molecular formula is C13H5F3N4OS. The Morgan fingerprint density at radius 1 is 1.27 bits per heavy atom. The van der Waals surface area contributed by atoms with E-state index in [9.17, 15) is 18.0 Å². The van der Waals surface area contributed by atoms with E-state index >= 15 is 0 Å². The lowest BCUT2D eigenvalue weighted by atomic mass is 10.1. The third kappa shape index (κ3) is 2.44. The van der Waals surface area contributed by atoms with Crippen molar-refractivity contribution in [3.63, 3.8) is 0 Å². The summed E-state index contributed by atoms with van der Waals surface area (Å²) in [6.45, 7) is 0. The molecule has 0 aliphatic carbocycles. The molecule has 0 amide bonds. The number of alkyl halides is 3. The van der Waals surface area contributed by atoms with E-state index in [2.05, 4.69) is 10.1 Å². The number of aromatic nitrogens is 3. The highest BCUT2D eigenvalue weighted by Gasteiger charge is 2.34. The van der Waals surface area contributed by atoms with Crippen LogP contribution >= 0.6 is 11.3 Å². The summed E-state index contributed by atoms with van der Waals surface area (Å²) >= 11 is 0.845. The Bertz CT molecular complexity index is 968. The van der Waals surface area contributed by atoms with Crippen molar-refractivity contribution in [2.45, 2.75) is 6.18 Å². The first-order valence-corrected chi connectivity index (χ1v) is 6.69. The largest absolute Gasteiger partial charge is 0.433 e. The van der Waals surface area contributed by atoms with Gasteiger partial charge in [0, 0.05) is 11.6 Å². The number of fused-ring (bicyclic) bond motifs is 1. The molecule has 0 radical (unpaired) electrons. The maximum Gasteiger partial charge on any atom is 0.433 e. The second kappa shape index (κ2) is 4.92. The second-order valence-corrected chi connectivity index (χ2v) is 5.23. The van der Waals surface area contributed by atoms with Crippen LogP contribution in [0.5, 0.6) is 0 Å². The molecule has 2 heterocycles. The molecule has 0 saturated heterocycles. The van der Waals surface area contributed by atoms with Crippen molar-refractivity contribution in [3.8, 4) is 16.6 Å². The van der Waals surface area contributed by atoms with Gasteiger partial charge < -0.3 is 0 Å². The predicted molar refractivity (Wildman–Crippen MR) is 72.3 cm³/mol. The summed E-state index contributed by atoms with van der Waals surface area (Å²) in [6.07, 6.45) is -4.70. The van der Waals surface area contributed by atoms with Crippen LogP contribution in [0.25, 0.3) is 15.5 Å². The van der Waals surface area contributed by atoms with Crippen molar-refractivity contribution >= 4 is 16.3 Å². The highest BCUT2D eigenvalue weighted by molar-refractivity contribution is 7.19. The number of benzene rings is 1. The Morgan fingerprint density at radius 2 is 2.05 bits per heavy atom. The predicted octanol–water partition coefficient (Wildman–Crippen LogP) is 2.71. The third-order valence-corrected chi connectivity index (χ3v) is 3.73. The van der Waals surface area contributed by atoms with E-state index in [4.69, 9.17) is 5.26 Å². The number of hydrogen-bond donors (Lipinski definition) is 0. The second-order valence-electron chi connectivity index (χ2n) is 4.27. The molecule has 5 nitrogen and oxygen atoms in total. The summed E-state index contributed by atoms with van der Waals surface area (Å²) in [5.74, 6) is 0. The summed E-state index contributed by atoms with van der Waals surface area (Å²) in [5.41, 5.74) is -1.25. The molecule has 0 N–H and O–H groups in total. The molecule has 22 heavy (non-hydrogen) atoms. The quantitative estimate of drug-likeness (QED) is 0.690. The highest BCUT2D eigenvalue weighted by Crippen LogP contribution is 2.29. The van der Waals surface area contributed by atoms with Gasteiger partial charge in [-0.3, -0.25) is 4.79 Å². The summed E-state index contributed by atoms with van der Waals surface area (Å²) in [6, 6.07) is 8.75. The zero-order chi connectivity index (χ0) is 15.9. The van der Waals surface area contributed by atoms with Gasteiger partial charge >= 0.3 is 6.18 Å². The maximum atomic E-state index is 12.7. The van der Waals surface area contributed by atoms with Gasteiger partial charge in [-0.15, -0.1) is 0 Å². The molecule has 0 saturated carbocycles. The molecule has 0 atom stereocenters. The van der Waals surface area contributed by atoms with E-state index in [1.54, 1.807) is 18.2 Å². The maximum absolute atomic E-state index is 12.7. The first-order chi connectivity index (χ1) is 10.4. The molecule has 0 aliphatic heterocycles. The molecule has 0 spiro atoms. The summed E-state index contributed by atoms with van der Waals surface area (Å²) in [4.78, 5) is 15.0. The van der Waals surface area contributed by atoms with Crippen LogP contribution in [0, 0.1) is 11.3 Å². The Kier molecular flexibility index (Phi) is 3.18. The van der Waals surface area contributed by atoms with Gasteiger partial charge in [-0.1, -0.05) is 23.5 Å². The molecule has 0 unspecified atom stereocenters. The minimum Gasteiger partial charge on any atom is -0.267 e. The van der Waals surface area contributed by atoms with Gasteiger partial charge in [0.15, 0.2) is 5.69 Å².